The Morgan fingerprint density at radius 3 is 2.64 bits per heavy atom. The fourth-order valence-corrected chi connectivity index (χ4v) is 1.65. The van der Waals surface area contributed by atoms with Crippen LogP contribution in [0.25, 0.3) is 0 Å². The van der Waals surface area contributed by atoms with E-state index < -0.39 is 0 Å². The van der Waals surface area contributed by atoms with Crippen LogP contribution in [0.2, 0.25) is 0 Å². The van der Waals surface area contributed by atoms with Gasteiger partial charge in [0.05, 0.1) is 0 Å². The van der Waals surface area contributed by atoms with Gasteiger partial charge >= 0.3 is 0 Å². The van der Waals surface area contributed by atoms with Gasteiger partial charge in [0, 0.05) is 4.47 Å². The van der Waals surface area contributed by atoms with Crippen molar-refractivity contribution in [2.75, 3.05) is 6.54 Å². The van der Waals surface area contributed by atoms with Crippen LogP contribution in [0.5, 0.6) is 0 Å². The molecule has 0 bridgehead atoms. The molecule has 0 radical (unpaired) electrons. The fraction of sp³-hybridized carbons (Fsp3) is 0.455. The fourth-order valence-electron chi connectivity index (χ4n) is 1.27. The highest BCUT2D eigenvalue weighted by Crippen LogP contribution is 2.26. The van der Waals surface area contributed by atoms with Crippen molar-refractivity contribution in [1.29, 1.82) is 0 Å². The lowest BCUT2D eigenvalue weighted by Gasteiger charge is -2.22. The monoisotopic (exact) mass is 259 g/mol. The largest absolute Gasteiger partial charge is 0.330 e. The molecule has 78 valence electrons. The summed E-state index contributed by atoms with van der Waals surface area (Å²) >= 11 is 3.40. The zero-order chi connectivity index (χ0) is 10.8. The lowest BCUT2D eigenvalue weighted by atomic mass is 9.86. The molecule has 0 unspecified atom stereocenters. The molecule has 0 fully saturated rings. The van der Waals surface area contributed by atoms with Crippen LogP contribution in [-0.2, 0) is 6.42 Å². The molecule has 1 aromatic rings. The molecule has 14 heavy (non-hydrogen) atoms. The van der Waals surface area contributed by atoms with Crippen molar-refractivity contribution in [1.82, 2.24) is 0 Å². The first-order valence-corrected chi connectivity index (χ1v) is 5.38. The third kappa shape index (κ3) is 3.07. The van der Waals surface area contributed by atoms with Crippen LogP contribution in [0.3, 0.4) is 0 Å². The van der Waals surface area contributed by atoms with E-state index >= 15 is 0 Å². The molecule has 1 aromatic carbocycles. The Hall–Kier alpha value is -0.410. The van der Waals surface area contributed by atoms with Crippen LogP contribution < -0.4 is 5.73 Å². The number of hydrogen-bond donors (Lipinski definition) is 1. The van der Waals surface area contributed by atoms with E-state index in [0.717, 1.165) is 16.5 Å². The van der Waals surface area contributed by atoms with Gasteiger partial charge < -0.3 is 5.73 Å². The summed E-state index contributed by atoms with van der Waals surface area (Å²) in [4.78, 5) is 0. The zero-order valence-electron chi connectivity index (χ0n) is 8.48. The van der Waals surface area contributed by atoms with Crippen molar-refractivity contribution >= 4 is 15.9 Å². The van der Waals surface area contributed by atoms with Crippen molar-refractivity contribution in [3.05, 3.63) is 34.1 Å². The van der Waals surface area contributed by atoms with Gasteiger partial charge in [0.2, 0.25) is 0 Å². The first-order chi connectivity index (χ1) is 6.44. The third-order valence-corrected chi connectivity index (χ3v) is 3.00. The van der Waals surface area contributed by atoms with Crippen molar-refractivity contribution in [2.45, 2.75) is 20.3 Å². The van der Waals surface area contributed by atoms with Gasteiger partial charge in [-0.1, -0.05) is 29.8 Å². The minimum absolute atomic E-state index is 0.0102. The molecular weight excluding hydrogens is 245 g/mol. The van der Waals surface area contributed by atoms with Crippen LogP contribution in [0.15, 0.2) is 22.7 Å². The van der Waals surface area contributed by atoms with Crippen molar-refractivity contribution < 1.29 is 4.39 Å². The Morgan fingerprint density at radius 1 is 1.43 bits per heavy atom. The second-order valence-electron chi connectivity index (χ2n) is 4.28. The normalized spacial score (nSPS) is 11.8. The van der Waals surface area contributed by atoms with E-state index in [1.165, 1.54) is 6.07 Å². The Bertz CT molecular complexity index is 323. The van der Waals surface area contributed by atoms with E-state index in [0.29, 0.717) is 6.54 Å². The number of halogens is 2. The van der Waals surface area contributed by atoms with Gasteiger partial charge in [-0.15, -0.1) is 0 Å². The maximum Gasteiger partial charge on any atom is 0.123 e. The second kappa shape index (κ2) is 4.41. The molecule has 0 spiro atoms. The summed E-state index contributed by atoms with van der Waals surface area (Å²) < 4.78 is 13.9. The van der Waals surface area contributed by atoms with E-state index in [4.69, 9.17) is 5.73 Å². The highest BCUT2D eigenvalue weighted by atomic mass is 79.9. The Morgan fingerprint density at radius 2 is 2.07 bits per heavy atom. The third-order valence-electron chi connectivity index (χ3n) is 2.23. The number of nitrogens with two attached hydrogens (primary N) is 1. The maximum absolute atomic E-state index is 13.0. The van der Waals surface area contributed by atoms with Crippen LogP contribution in [-0.4, -0.2) is 6.54 Å². The quantitative estimate of drug-likeness (QED) is 0.887. The molecule has 0 saturated heterocycles. The van der Waals surface area contributed by atoms with Crippen LogP contribution in [0.1, 0.15) is 19.4 Å². The molecule has 0 aromatic heterocycles. The van der Waals surface area contributed by atoms with Gasteiger partial charge in [0.15, 0.2) is 0 Å². The maximum atomic E-state index is 13.0. The van der Waals surface area contributed by atoms with E-state index in [2.05, 4.69) is 29.8 Å². The van der Waals surface area contributed by atoms with E-state index in [1.807, 2.05) is 0 Å². The average Bonchev–Trinajstić information content (AvgIpc) is 2.11. The number of hydrogen-bond acceptors (Lipinski definition) is 1. The van der Waals surface area contributed by atoms with Crippen LogP contribution in [0, 0.1) is 11.2 Å². The molecule has 0 heterocycles. The Labute approximate surface area is 92.6 Å². The SMILES string of the molecule is CC(C)(CN)Cc1cc(F)ccc1Br. The summed E-state index contributed by atoms with van der Waals surface area (Å²) in [5.41, 5.74) is 6.62. The lowest BCUT2D eigenvalue weighted by molar-refractivity contribution is 0.375. The summed E-state index contributed by atoms with van der Waals surface area (Å²) in [7, 11) is 0. The summed E-state index contributed by atoms with van der Waals surface area (Å²) in [5, 5.41) is 0. The van der Waals surface area contributed by atoms with Gasteiger partial charge in [0.1, 0.15) is 5.82 Å². The predicted octanol–water partition coefficient (Wildman–Crippen LogP) is 3.12. The Kier molecular flexibility index (Phi) is 3.67. The molecule has 1 rings (SSSR count). The molecule has 0 aliphatic heterocycles. The predicted molar refractivity (Wildman–Crippen MR) is 60.6 cm³/mol. The summed E-state index contributed by atoms with van der Waals surface area (Å²) in [6, 6.07) is 4.74. The van der Waals surface area contributed by atoms with Crippen LogP contribution in [0.4, 0.5) is 4.39 Å². The zero-order valence-corrected chi connectivity index (χ0v) is 10.1. The molecule has 0 atom stereocenters. The first kappa shape index (κ1) is 11.7. The summed E-state index contributed by atoms with van der Waals surface area (Å²) in [5.74, 6) is -0.198. The molecule has 0 saturated carbocycles. The molecular formula is C11H15BrFN. The van der Waals surface area contributed by atoms with Crippen LogP contribution >= 0.6 is 15.9 Å². The van der Waals surface area contributed by atoms with E-state index in [-0.39, 0.29) is 11.2 Å². The van der Waals surface area contributed by atoms with E-state index in [1.54, 1.807) is 12.1 Å². The van der Waals surface area contributed by atoms with Gasteiger partial charge in [-0.25, -0.2) is 4.39 Å². The minimum atomic E-state index is -0.198. The standard InChI is InChI=1S/C11H15BrFN/c1-11(2,7-14)6-8-5-9(13)3-4-10(8)12/h3-5H,6-7,14H2,1-2H3. The van der Waals surface area contributed by atoms with Gasteiger partial charge in [-0.2, -0.15) is 0 Å². The number of benzene rings is 1. The smallest absolute Gasteiger partial charge is 0.123 e. The van der Waals surface area contributed by atoms with Gasteiger partial charge in [-0.3, -0.25) is 0 Å². The molecule has 2 N–H and O–H groups in total. The minimum Gasteiger partial charge on any atom is -0.330 e. The Balaban J connectivity index is 2.91. The molecule has 0 amide bonds. The molecule has 1 nitrogen and oxygen atoms in total. The summed E-state index contributed by atoms with van der Waals surface area (Å²) in [6.07, 6.45) is 0.780. The topological polar surface area (TPSA) is 26.0 Å². The highest BCUT2D eigenvalue weighted by molar-refractivity contribution is 9.10. The molecule has 3 heteroatoms. The van der Waals surface area contributed by atoms with Gasteiger partial charge in [-0.05, 0) is 42.1 Å². The number of rotatable bonds is 3. The molecule has 0 aliphatic carbocycles. The summed E-state index contributed by atoms with van der Waals surface area (Å²) in [6.45, 7) is 4.74. The second-order valence-corrected chi connectivity index (χ2v) is 5.14. The van der Waals surface area contributed by atoms with Crippen molar-refractivity contribution in [2.24, 2.45) is 11.1 Å². The van der Waals surface area contributed by atoms with Crippen molar-refractivity contribution in [3.63, 3.8) is 0 Å². The highest BCUT2D eigenvalue weighted by Gasteiger charge is 2.17. The average molecular weight is 260 g/mol. The molecule has 0 aliphatic rings. The first-order valence-electron chi connectivity index (χ1n) is 4.58. The van der Waals surface area contributed by atoms with Gasteiger partial charge in [0.25, 0.3) is 0 Å². The van der Waals surface area contributed by atoms with Crippen molar-refractivity contribution in [3.8, 4) is 0 Å². The lowest BCUT2D eigenvalue weighted by Crippen LogP contribution is -2.26. The van der Waals surface area contributed by atoms with E-state index in [9.17, 15) is 4.39 Å².